The maximum atomic E-state index is 4.46. The lowest BCUT2D eigenvalue weighted by atomic mass is 10.1. The van der Waals surface area contributed by atoms with E-state index in [9.17, 15) is 0 Å². The Morgan fingerprint density at radius 3 is 2.75 bits per heavy atom. The minimum absolute atomic E-state index is 0.369. The second-order valence-corrected chi connectivity index (χ2v) is 5.83. The summed E-state index contributed by atoms with van der Waals surface area (Å²) in [7, 11) is 0. The number of benzene rings is 1. The van der Waals surface area contributed by atoms with E-state index in [1.54, 1.807) is 0 Å². The molecule has 1 saturated carbocycles. The van der Waals surface area contributed by atoms with Crippen molar-refractivity contribution in [3.05, 3.63) is 48.3 Å². The molecule has 0 bridgehead atoms. The molecule has 0 aliphatic heterocycles. The van der Waals surface area contributed by atoms with Gasteiger partial charge in [0.1, 0.15) is 0 Å². The zero-order valence-corrected chi connectivity index (χ0v) is 12.1. The smallest absolute Gasteiger partial charge is 0.0645 e. The number of rotatable bonds is 5. The van der Waals surface area contributed by atoms with Crippen molar-refractivity contribution in [3.8, 4) is 5.69 Å². The zero-order chi connectivity index (χ0) is 13.8. The summed E-state index contributed by atoms with van der Waals surface area (Å²) in [4.78, 5) is 0. The van der Waals surface area contributed by atoms with Crippen LogP contribution in [0.2, 0.25) is 0 Å². The van der Waals surface area contributed by atoms with E-state index in [0.29, 0.717) is 6.04 Å². The van der Waals surface area contributed by atoms with Crippen LogP contribution in [0.1, 0.15) is 44.2 Å². The SMILES string of the molecule is CC(NCC1CCCC1)c1cnn(-c2ccccc2)c1. The first-order valence-electron chi connectivity index (χ1n) is 7.66. The molecule has 3 nitrogen and oxygen atoms in total. The zero-order valence-electron chi connectivity index (χ0n) is 12.1. The van der Waals surface area contributed by atoms with Crippen LogP contribution in [0.5, 0.6) is 0 Å². The van der Waals surface area contributed by atoms with Gasteiger partial charge in [0.15, 0.2) is 0 Å². The lowest BCUT2D eigenvalue weighted by Crippen LogP contribution is -2.24. The molecule has 1 heterocycles. The first-order valence-corrected chi connectivity index (χ1v) is 7.66. The summed E-state index contributed by atoms with van der Waals surface area (Å²) < 4.78 is 1.95. The van der Waals surface area contributed by atoms with Crippen LogP contribution >= 0.6 is 0 Å². The standard InChI is InChI=1S/C17H23N3/c1-14(18-11-15-7-5-6-8-15)16-12-19-20(13-16)17-9-3-2-4-10-17/h2-4,9-10,12-15,18H,5-8,11H2,1H3. The molecule has 1 N–H and O–H groups in total. The second-order valence-electron chi connectivity index (χ2n) is 5.83. The van der Waals surface area contributed by atoms with Gasteiger partial charge in [-0.1, -0.05) is 31.0 Å². The quantitative estimate of drug-likeness (QED) is 0.896. The van der Waals surface area contributed by atoms with Crippen molar-refractivity contribution >= 4 is 0 Å². The molecule has 0 spiro atoms. The largest absolute Gasteiger partial charge is 0.310 e. The fourth-order valence-electron chi connectivity index (χ4n) is 2.96. The van der Waals surface area contributed by atoms with Crippen LogP contribution in [0.25, 0.3) is 5.69 Å². The number of aromatic nitrogens is 2. The van der Waals surface area contributed by atoms with E-state index in [-0.39, 0.29) is 0 Å². The Kier molecular flexibility index (Phi) is 4.16. The highest BCUT2D eigenvalue weighted by Crippen LogP contribution is 2.24. The molecule has 1 aromatic heterocycles. The molecule has 0 radical (unpaired) electrons. The van der Waals surface area contributed by atoms with Gasteiger partial charge in [0.2, 0.25) is 0 Å². The van der Waals surface area contributed by atoms with Gasteiger partial charge in [-0.15, -0.1) is 0 Å². The highest BCUT2D eigenvalue weighted by molar-refractivity contribution is 5.31. The van der Waals surface area contributed by atoms with E-state index >= 15 is 0 Å². The predicted molar refractivity (Wildman–Crippen MR) is 81.9 cm³/mol. The first-order chi connectivity index (χ1) is 9.83. The van der Waals surface area contributed by atoms with Gasteiger partial charge in [-0.2, -0.15) is 5.10 Å². The summed E-state index contributed by atoms with van der Waals surface area (Å²) in [6, 6.07) is 10.6. The van der Waals surface area contributed by atoms with E-state index < -0.39 is 0 Å². The van der Waals surface area contributed by atoms with Crippen LogP contribution in [-0.4, -0.2) is 16.3 Å². The van der Waals surface area contributed by atoms with E-state index in [2.05, 4.69) is 35.7 Å². The van der Waals surface area contributed by atoms with E-state index in [1.165, 1.54) is 31.2 Å². The summed E-state index contributed by atoms with van der Waals surface area (Å²) in [5.74, 6) is 0.876. The number of nitrogens with one attached hydrogen (secondary N) is 1. The molecule has 1 fully saturated rings. The Labute approximate surface area is 121 Å². The van der Waals surface area contributed by atoms with Gasteiger partial charge in [0.25, 0.3) is 0 Å². The second kappa shape index (κ2) is 6.23. The van der Waals surface area contributed by atoms with Crippen molar-refractivity contribution in [2.45, 2.75) is 38.6 Å². The van der Waals surface area contributed by atoms with Gasteiger partial charge in [-0.3, -0.25) is 0 Å². The molecule has 1 unspecified atom stereocenters. The maximum absolute atomic E-state index is 4.46. The predicted octanol–water partition coefficient (Wildman–Crippen LogP) is 3.71. The number of hydrogen-bond donors (Lipinski definition) is 1. The summed E-state index contributed by atoms with van der Waals surface area (Å²) in [6.45, 7) is 3.36. The summed E-state index contributed by atoms with van der Waals surface area (Å²) >= 11 is 0. The van der Waals surface area contributed by atoms with Crippen molar-refractivity contribution in [1.29, 1.82) is 0 Å². The van der Waals surface area contributed by atoms with Crippen molar-refractivity contribution in [2.24, 2.45) is 5.92 Å². The summed E-state index contributed by atoms with van der Waals surface area (Å²) in [5.41, 5.74) is 2.37. The average molecular weight is 269 g/mol. The molecule has 1 atom stereocenters. The molecular weight excluding hydrogens is 246 g/mol. The lowest BCUT2D eigenvalue weighted by Gasteiger charge is -2.15. The van der Waals surface area contributed by atoms with Gasteiger partial charge < -0.3 is 5.32 Å². The average Bonchev–Trinajstić information content (AvgIpc) is 3.17. The van der Waals surface area contributed by atoms with Gasteiger partial charge in [0, 0.05) is 17.8 Å². The number of hydrogen-bond acceptors (Lipinski definition) is 2. The molecule has 106 valence electrons. The van der Waals surface area contributed by atoms with Crippen molar-refractivity contribution in [3.63, 3.8) is 0 Å². The normalized spacial score (nSPS) is 17.4. The van der Waals surface area contributed by atoms with Crippen molar-refractivity contribution in [1.82, 2.24) is 15.1 Å². The van der Waals surface area contributed by atoms with Gasteiger partial charge in [0.05, 0.1) is 11.9 Å². The molecule has 1 aromatic carbocycles. The number of para-hydroxylation sites is 1. The number of nitrogens with zero attached hydrogens (tertiary/aromatic N) is 2. The Hall–Kier alpha value is -1.61. The third-order valence-electron chi connectivity index (χ3n) is 4.31. The monoisotopic (exact) mass is 269 g/mol. The highest BCUT2D eigenvalue weighted by atomic mass is 15.3. The fraction of sp³-hybridized carbons (Fsp3) is 0.471. The van der Waals surface area contributed by atoms with Gasteiger partial charge >= 0.3 is 0 Å². The molecule has 1 aliphatic carbocycles. The summed E-state index contributed by atoms with van der Waals surface area (Å²) in [6.07, 6.45) is 9.70. The lowest BCUT2D eigenvalue weighted by molar-refractivity contribution is 0.452. The molecule has 1 aliphatic rings. The first kappa shape index (κ1) is 13.4. The van der Waals surface area contributed by atoms with Gasteiger partial charge in [-0.25, -0.2) is 4.68 Å². The van der Waals surface area contributed by atoms with Crippen LogP contribution in [0.15, 0.2) is 42.7 Å². The molecular formula is C17H23N3. The van der Waals surface area contributed by atoms with E-state index in [0.717, 1.165) is 18.2 Å². The molecule has 3 heteroatoms. The Bertz CT molecular complexity index is 526. The molecule has 20 heavy (non-hydrogen) atoms. The Balaban J connectivity index is 1.61. The highest BCUT2D eigenvalue weighted by Gasteiger charge is 2.16. The van der Waals surface area contributed by atoms with Crippen molar-refractivity contribution < 1.29 is 0 Å². The summed E-state index contributed by atoms with van der Waals surface area (Å²) in [5, 5.41) is 8.12. The molecule has 3 rings (SSSR count). The molecule has 0 saturated heterocycles. The van der Waals surface area contributed by atoms with Crippen molar-refractivity contribution in [2.75, 3.05) is 6.54 Å². The van der Waals surface area contributed by atoms with Gasteiger partial charge in [-0.05, 0) is 44.4 Å². The molecule has 0 amide bonds. The van der Waals surface area contributed by atoms with Crippen LogP contribution in [0, 0.1) is 5.92 Å². The van der Waals surface area contributed by atoms with E-state index in [1.807, 2.05) is 29.1 Å². The fourth-order valence-corrected chi connectivity index (χ4v) is 2.96. The molecule has 2 aromatic rings. The third kappa shape index (κ3) is 3.10. The van der Waals surface area contributed by atoms with Crippen LogP contribution in [0.4, 0.5) is 0 Å². The van der Waals surface area contributed by atoms with Crippen LogP contribution in [0.3, 0.4) is 0 Å². The van der Waals surface area contributed by atoms with Crippen LogP contribution in [-0.2, 0) is 0 Å². The third-order valence-corrected chi connectivity index (χ3v) is 4.31. The minimum atomic E-state index is 0.369. The van der Waals surface area contributed by atoms with E-state index in [4.69, 9.17) is 0 Å². The van der Waals surface area contributed by atoms with Crippen LogP contribution < -0.4 is 5.32 Å². The Morgan fingerprint density at radius 2 is 2.00 bits per heavy atom. The maximum Gasteiger partial charge on any atom is 0.0645 e. The Morgan fingerprint density at radius 1 is 1.25 bits per heavy atom. The minimum Gasteiger partial charge on any atom is -0.310 e. The topological polar surface area (TPSA) is 29.9 Å².